The van der Waals surface area contributed by atoms with Crippen molar-refractivity contribution in [3.63, 3.8) is 0 Å². The molecule has 2 aromatic carbocycles. The number of hydrogen-bond donors (Lipinski definition) is 3. The fourth-order valence-electron chi connectivity index (χ4n) is 4.53. The van der Waals surface area contributed by atoms with E-state index in [1.54, 1.807) is 55.5 Å². The third kappa shape index (κ3) is 4.37. The van der Waals surface area contributed by atoms with Crippen LogP contribution in [0.3, 0.4) is 0 Å². The first-order valence-electron chi connectivity index (χ1n) is 11.7. The monoisotopic (exact) mass is 492 g/mol. The highest BCUT2D eigenvalue weighted by atomic mass is 16.5. The molecule has 0 aromatic heterocycles. The number of carbonyl (C=O) groups excluding carboxylic acids is 4. The third-order valence-corrected chi connectivity index (χ3v) is 6.39. The van der Waals surface area contributed by atoms with Crippen molar-refractivity contribution in [3.8, 4) is 5.75 Å². The molecular formula is C26H28N4O6. The fraction of sp³-hybridized carbons (Fsp3) is 0.308. The number of methoxy groups -OCH3 is 1. The van der Waals surface area contributed by atoms with Crippen molar-refractivity contribution in [2.24, 2.45) is 0 Å². The molecule has 0 bridgehead atoms. The minimum Gasteiger partial charge on any atom is -0.497 e. The zero-order valence-electron chi connectivity index (χ0n) is 20.3. The first-order chi connectivity index (χ1) is 17.3. The number of benzene rings is 2. The number of carbonyl (C=O) groups is 4. The summed E-state index contributed by atoms with van der Waals surface area (Å²) in [6.07, 6.45) is 0.324. The van der Waals surface area contributed by atoms with Crippen LogP contribution in [-0.2, 0) is 19.9 Å². The van der Waals surface area contributed by atoms with Gasteiger partial charge in [-0.2, -0.15) is 0 Å². The second-order valence-corrected chi connectivity index (χ2v) is 8.36. The minimum atomic E-state index is -1.24. The smallest absolute Gasteiger partial charge is 0.338 e. The number of hydrogen-bond acceptors (Lipinski definition) is 6. The van der Waals surface area contributed by atoms with Gasteiger partial charge in [-0.25, -0.2) is 14.4 Å². The molecule has 188 valence electrons. The Kier molecular flexibility index (Phi) is 6.96. The Labute approximate surface area is 208 Å². The molecule has 0 saturated carbocycles. The van der Waals surface area contributed by atoms with Crippen molar-refractivity contribution in [1.82, 2.24) is 20.9 Å². The molecule has 2 unspecified atom stereocenters. The molecule has 2 aromatic rings. The van der Waals surface area contributed by atoms with E-state index in [1.807, 2.05) is 13.0 Å². The Bertz CT molecular complexity index is 1210. The van der Waals surface area contributed by atoms with E-state index < -0.39 is 35.5 Å². The SMILES string of the molecule is CCOC(=O)C1=C(CN2C(=O)NC(CC)(c3ccccc3)C2=O)NC(=O)NC1c1ccc(OC)cc1. The van der Waals surface area contributed by atoms with Crippen molar-refractivity contribution in [2.45, 2.75) is 31.8 Å². The summed E-state index contributed by atoms with van der Waals surface area (Å²) in [5.74, 6) is -0.527. The van der Waals surface area contributed by atoms with E-state index in [-0.39, 0.29) is 24.4 Å². The molecule has 2 aliphatic rings. The van der Waals surface area contributed by atoms with Gasteiger partial charge in [-0.3, -0.25) is 9.69 Å². The van der Waals surface area contributed by atoms with Gasteiger partial charge in [0.1, 0.15) is 11.3 Å². The quantitative estimate of drug-likeness (QED) is 0.384. The highest BCUT2D eigenvalue weighted by molar-refractivity contribution is 6.08. The van der Waals surface area contributed by atoms with Gasteiger partial charge in [0.2, 0.25) is 0 Å². The molecule has 2 aliphatic heterocycles. The van der Waals surface area contributed by atoms with Crippen LogP contribution in [0.2, 0.25) is 0 Å². The van der Waals surface area contributed by atoms with Crippen molar-refractivity contribution < 1.29 is 28.7 Å². The number of nitrogens with one attached hydrogen (secondary N) is 3. The Morgan fingerprint density at radius 2 is 1.72 bits per heavy atom. The Morgan fingerprint density at radius 3 is 2.33 bits per heavy atom. The van der Waals surface area contributed by atoms with Crippen LogP contribution < -0.4 is 20.7 Å². The van der Waals surface area contributed by atoms with Crippen LogP contribution in [0.25, 0.3) is 0 Å². The summed E-state index contributed by atoms with van der Waals surface area (Å²) < 4.78 is 10.5. The fourth-order valence-corrected chi connectivity index (χ4v) is 4.53. The van der Waals surface area contributed by atoms with Gasteiger partial charge in [-0.05, 0) is 36.6 Å². The molecule has 0 aliphatic carbocycles. The van der Waals surface area contributed by atoms with Crippen LogP contribution in [0.5, 0.6) is 5.75 Å². The van der Waals surface area contributed by atoms with Gasteiger partial charge in [-0.1, -0.05) is 49.4 Å². The van der Waals surface area contributed by atoms with Crippen LogP contribution in [0, 0.1) is 0 Å². The largest absolute Gasteiger partial charge is 0.497 e. The topological polar surface area (TPSA) is 126 Å². The van der Waals surface area contributed by atoms with Gasteiger partial charge >= 0.3 is 18.0 Å². The zero-order valence-corrected chi connectivity index (χ0v) is 20.3. The molecule has 0 spiro atoms. The summed E-state index contributed by atoms with van der Waals surface area (Å²) in [5.41, 5.74) is 0.237. The lowest BCUT2D eigenvalue weighted by Crippen LogP contribution is -2.49. The molecular weight excluding hydrogens is 464 g/mol. The zero-order chi connectivity index (χ0) is 25.9. The van der Waals surface area contributed by atoms with Crippen LogP contribution in [0.1, 0.15) is 37.4 Å². The lowest BCUT2D eigenvalue weighted by molar-refractivity contribution is -0.139. The van der Waals surface area contributed by atoms with E-state index in [0.717, 1.165) is 4.90 Å². The average Bonchev–Trinajstić information content (AvgIpc) is 3.14. The number of imide groups is 1. The van der Waals surface area contributed by atoms with Crippen LogP contribution >= 0.6 is 0 Å². The summed E-state index contributed by atoms with van der Waals surface area (Å²) in [6, 6.07) is 13.8. The molecule has 5 amide bonds. The molecule has 10 heteroatoms. The first-order valence-corrected chi connectivity index (χ1v) is 11.7. The normalized spacial score (nSPS) is 21.6. The van der Waals surface area contributed by atoms with Crippen molar-refractivity contribution in [3.05, 3.63) is 77.0 Å². The van der Waals surface area contributed by atoms with Crippen molar-refractivity contribution >= 4 is 23.9 Å². The van der Waals surface area contributed by atoms with Gasteiger partial charge in [0.05, 0.1) is 37.6 Å². The first kappa shape index (κ1) is 24.8. The molecule has 2 heterocycles. The van der Waals surface area contributed by atoms with E-state index in [1.165, 1.54) is 7.11 Å². The number of amides is 5. The predicted octanol–water partition coefficient (Wildman–Crippen LogP) is 2.72. The summed E-state index contributed by atoms with van der Waals surface area (Å²) in [6.45, 7) is 3.27. The molecule has 0 radical (unpaired) electrons. The molecule has 4 rings (SSSR count). The third-order valence-electron chi connectivity index (χ3n) is 6.39. The average molecular weight is 493 g/mol. The Hall–Kier alpha value is -4.34. The van der Waals surface area contributed by atoms with E-state index in [9.17, 15) is 19.2 Å². The van der Waals surface area contributed by atoms with Crippen LogP contribution in [-0.4, -0.2) is 49.1 Å². The summed E-state index contributed by atoms with van der Waals surface area (Å²) >= 11 is 0. The van der Waals surface area contributed by atoms with Gasteiger partial charge in [0.15, 0.2) is 0 Å². The summed E-state index contributed by atoms with van der Waals surface area (Å²) in [7, 11) is 1.53. The van der Waals surface area contributed by atoms with Crippen molar-refractivity contribution in [2.75, 3.05) is 20.3 Å². The molecule has 36 heavy (non-hydrogen) atoms. The summed E-state index contributed by atoms with van der Waals surface area (Å²) in [4.78, 5) is 53.3. The highest BCUT2D eigenvalue weighted by Gasteiger charge is 2.52. The minimum absolute atomic E-state index is 0.106. The van der Waals surface area contributed by atoms with Crippen LogP contribution in [0.15, 0.2) is 65.9 Å². The molecule has 1 fully saturated rings. The van der Waals surface area contributed by atoms with Gasteiger partial charge < -0.3 is 25.4 Å². The lowest BCUT2D eigenvalue weighted by Gasteiger charge is -2.31. The molecule has 2 atom stereocenters. The van der Waals surface area contributed by atoms with E-state index in [0.29, 0.717) is 23.3 Å². The summed E-state index contributed by atoms with van der Waals surface area (Å²) in [5, 5.41) is 8.16. The van der Waals surface area contributed by atoms with Gasteiger partial charge in [0.25, 0.3) is 5.91 Å². The van der Waals surface area contributed by atoms with Crippen molar-refractivity contribution in [1.29, 1.82) is 0 Å². The maximum absolute atomic E-state index is 13.6. The molecule has 10 nitrogen and oxygen atoms in total. The van der Waals surface area contributed by atoms with Crippen LogP contribution in [0.4, 0.5) is 9.59 Å². The predicted molar refractivity (Wildman–Crippen MR) is 130 cm³/mol. The van der Waals surface area contributed by atoms with E-state index in [2.05, 4.69) is 16.0 Å². The standard InChI is InChI=1S/C26H28N4O6/c1-4-26(17-9-7-6-8-10-17)23(32)30(25(34)29-26)15-19-20(22(31)36-5-2)21(28-24(33)27-19)16-11-13-18(35-3)14-12-16/h6-14,21H,4-5,15H2,1-3H3,(H,29,34)(H2,27,28,33). The highest BCUT2D eigenvalue weighted by Crippen LogP contribution is 2.34. The van der Waals surface area contributed by atoms with E-state index >= 15 is 0 Å². The Morgan fingerprint density at radius 1 is 1.03 bits per heavy atom. The lowest BCUT2D eigenvalue weighted by atomic mass is 9.87. The number of rotatable bonds is 8. The number of ether oxygens (including phenoxy) is 2. The van der Waals surface area contributed by atoms with Gasteiger partial charge in [0, 0.05) is 0 Å². The maximum atomic E-state index is 13.6. The number of esters is 1. The second kappa shape index (κ2) is 10.1. The second-order valence-electron chi connectivity index (χ2n) is 8.36. The maximum Gasteiger partial charge on any atom is 0.338 e. The number of urea groups is 2. The molecule has 3 N–H and O–H groups in total. The van der Waals surface area contributed by atoms with Gasteiger partial charge in [-0.15, -0.1) is 0 Å². The van der Waals surface area contributed by atoms with E-state index in [4.69, 9.17) is 9.47 Å². The Balaban J connectivity index is 1.74. The molecule has 1 saturated heterocycles. The number of nitrogens with zero attached hydrogens (tertiary/aromatic N) is 1.